The number of amides is 6. The molecule has 1 aliphatic rings. The monoisotopic (exact) mass is 676 g/mol. The number of likely N-dealkylation sites (N-methyl/N-ethyl adjacent to an activating group) is 2. The van der Waals surface area contributed by atoms with E-state index >= 15 is 0 Å². The van der Waals surface area contributed by atoms with Gasteiger partial charge in [-0.05, 0) is 43.6 Å². The smallest absolute Gasteiger partial charge is 0.295 e. The Morgan fingerprint density at radius 1 is 0.938 bits per heavy atom. The van der Waals surface area contributed by atoms with Gasteiger partial charge in [-0.3, -0.25) is 38.5 Å². The zero-order valence-corrected chi connectivity index (χ0v) is 30.4. The lowest BCUT2D eigenvalue weighted by atomic mass is 9.83. The second-order valence-electron chi connectivity index (χ2n) is 14.6. The molecule has 1 heterocycles. The Balaban J connectivity index is 2.81. The Labute approximate surface area is 284 Å². The maximum absolute atomic E-state index is 13.9. The number of carbonyl (C=O) groups excluding carboxylic acids is 7. The van der Waals surface area contributed by atoms with E-state index in [1.54, 1.807) is 32.0 Å². The van der Waals surface area contributed by atoms with Crippen LogP contribution in [0.4, 0.5) is 0 Å². The molecule has 0 aromatic heterocycles. The van der Waals surface area contributed by atoms with Crippen LogP contribution in [0.3, 0.4) is 0 Å². The van der Waals surface area contributed by atoms with Gasteiger partial charge in [-0.15, -0.1) is 0 Å². The van der Waals surface area contributed by atoms with Crippen LogP contribution in [0.15, 0.2) is 23.8 Å². The first-order valence-corrected chi connectivity index (χ1v) is 16.3. The van der Waals surface area contributed by atoms with Crippen molar-refractivity contribution in [2.45, 2.75) is 106 Å². The van der Waals surface area contributed by atoms with E-state index in [0.717, 1.165) is 17.1 Å². The Bertz CT molecular complexity index is 1230. The highest BCUT2D eigenvalue weighted by atomic mass is 16.5. The summed E-state index contributed by atoms with van der Waals surface area (Å²) in [5, 5.41) is 11.3. The molecule has 0 aliphatic carbocycles. The second kappa shape index (κ2) is 18.5. The van der Waals surface area contributed by atoms with E-state index in [1.165, 1.54) is 0 Å². The number of imide groups is 1. The first kappa shape index (κ1) is 42.0. The van der Waals surface area contributed by atoms with Crippen molar-refractivity contribution in [3.63, 3.8) is 0 Å². The fraction of sp³-hybridized carbons (Fsp3) is 0.676. The van der Waals surface area contributed by atoms with Crippen LogP contribution < -0.4 is 21.3 Å². The molecule has 0 fully saturated rings. The van der Waals surface area contributed by atoms with Gasteiger partial charge >= 0.3 is 0 Å². The molecule has 0 radical (unpaired) electrons. The van der Waals surface area contributed by atoms with Crippen LogP contribution in [0, 0.1) is 16.7 Å². The highest BCUT2D eigenvalue weighted by molar-refractivity contribution is 6.14. The summed E-state index contributed by atoms with van der Waals surface area (Å²) < 4.78 is 4.92. The fourth-order valence-corrected chi connectivity index (χ4v) is 5.26. The standard InChI is InChI=1S/C34H56N6O8/c1-21(2)23(39(11)32(47)29(34(7,8)9)38-31(46)28(35-10)33(4,5)6)18-22(3)30(45)36-17-13-12-14-25(48-20-41)37-24(42)19-40-26(43)15-16-27(40)44/h15-16,18,20-21,23,25,28-29,35H,12-14,17,19H2,1-11H3,(H,36,45)(H,37,42)(H,38,46)/b22-18+/t23-,25?,28-,29-/m1/s1. The molecule has 1 rings (SSSR count). The summed E-state index contributed by atoms with van der Waals surface area (Å²) in [5.41, 5.74) is -0.541. The topological polar surface area (TPSA) is 183 Å². The van der Waals surface area contributed by atoms with Crippen molar-refractivity contribution in [1.82, 2.24) is 31.1 Å². The molecule has 4 atom stereocenters. The van der Waals surface area contributed by atoms with Gasteiger partial charge < -0.3 is 30.9 Å². The molecule has 48 heavy (non-hydrogen) atoms. The van der Waals surface area contributed by atoms with Gasteiger partial charge in [0.15, 0.2) is 6.23 Å². The van der Waals surface area contributed by atoms with E-state index in [1.807, 2.05) is 55.4 Å². The van der Waals surface area contributed by atoms with E-state index < -0.39 is 54.0 Å². The number of carbonyl (C=O) groups is 7. The average molecular weight is 677 g/mol. The van der Waals surface area contributed by atoms with E-state index in [2.05, 4.69) is 21.3 Å². The molecular formula is C34H56N6O8. The van der Waals surface area contributed by atoms with Crippen molar-refractivity contribution >= 4 is 41.9 Å². The molecule has 0 aromatic carbocycles. The van der Waals surface area contributed by atoms with Gasteiger partial charge in [0.25, 0.3) is 18.3 Å². The summed E-state index contributed by atoms with van der Waals surface area (Å²) in [6.45, 7) is 17.1. The molecule has 1 unspecified atom stereocenters. The molecule has 6 amide bonds. The maximum atomic E-state index is 13.9. The fourth-order valence-electron chi connectivity index (χ4n) is 5.26. The van der Waals surface area contributed by atoms with Crippen LogP contribution >= 0.6 is 0 Å². The lowest BCUT2D eigenvalue weighted by molar-refractivity contribution is -0.145. The normalized spacial score (nSPS) is 16.2. The summed E-state index contributed by atoms with van der Waals surface area (Å²) in [7, 11) is 3.39. The predicted octanol–water partition coefficient (Wildman–Crippen LogP) is 1.41. The quantitative estimate of drug-likeness (QED) is 0.0548. The van der Waals surface area contributed by atoms with Crippen molar-refractivity contribution < 1.29 is 38.3 Å². The van der Waals surface area contributed by atoms with Gasteiger partial charge in [0.1, 0.15) is 12.6 Å². The van der Waals surface area contributed by atoms with Crippen LogP contribution in [-0.4, -0.2) is 103 Å². The van der Waals surface area contributed by atoms with E-state index in [0.29, 0.717) is 25.0 Å². The lowest BCUT2D eigenvalue weighted by Crippen LogP contribution is -2.60. The Morgan fingerprint density at radius 3 is 1.98 bits per heavy atom. The summed E-state index contributed by atoms with van der Waals surface area (Å²) in [4.78, 5) is 89.0. The first-order valence-electron chi connectivity index (χ1n) is 16.3. The van der Waals surface area contributed by atoms with Crippen molar-refractivity contribution in [1.29, 1.82) is 0 Å². The largest absolute Gasteiger partial charge is 0.444 e. The zero-order chi connectivity index (χ0) is 37.0. The van der Waals surface area contributed by atoms with Crippen LogP contribution in [-0.2, 0) is 38.3 Å². The van der Waals surface area contributed by atoms with Gasteiger partial charge in [0.2, 0.25) is 23.6 Å². The van der Waals surface area contributed by atoms with Crippen LogP contribution in [0.1, 0.15) is 81.6 Å². The third kappa shape index (κ3) is 12.9. The third-order valence-corrected chi connectivity index (χ3v) is 8.00. The van der Waals surface area contributed by atoms with Crippen molar-refractivity contribution in [3.8, 4) is 0 Å². The first-order chi connectivity index (χ1) is 22.1. The molecule has 0 bridgehead atoms. The van der Waals surface area contributed by atoms with E-state index in [-0.39, 0.29) is 41.9 Å². The van der Waals surface area contributed by atoms with Crippen molar-refractivity contribution in [3.05, 3.63) is 23.8 Å². The van der Waals surface area contributed by atoms with E-state index in [4.69, 9.17) is 4.74 Å². The van der Waals surface area contributed by atoms with Crippen LogP contribution in [0.5, 0.6) is 0 Å². The molecule has 4 N–H and O–H groups in total. The minimum Gasteiger partial charge on any atom is -0.444 e. The number of hydrogen-bond donors (Lipinski definition) is 4. The zero-order valence-electron chi connectivity index (χ0n) is 30.4. The third-order valence-electron chi connectivity index (χ3n) is 8.00. The summed E-state index contributed by atoms with van der Waals surface area (Å²) in [6, 6.07) is -1.75. The molecule has 0 aromatic rings. The minimum absolute atomic E-state index is 0.0411. The van der Waals surface area contributed by atoms with Gasteiger partial charge in [-0.25, -0.2) is 0 Å². The molecular weight excluding hydrogens is 620 g/mol. The van der Waals surface area contributed by atoms with Gasteiger partial charge in [0, 0.05) is 37.7 Å². The predicted molar refractivity (Wildman–Crippen MR) is 181 cm³/mol. The number of unbranched alkanes of at least 4 members (excludes halogenated alkanes) is 1. The van der Waals surface area contributed by atoms with Crippen molar-refractivity contribution in [2.75, 3.05) is 27.2 Å². The molecule has 0 saturated carbocycles. The van der Waals surface area contributed by atoms with Gasteiger partial charge in [0.05, 0.1) is 12.1 Å². The van der Waals surface area contributed by atoms with Gasteiger partial charge in [-0.2, -0.15) is 0 Å². The van der Waals surface area contributed by atoms with E-state index in [9.17, 15) is 33.6 Å². The highest BCUT2D eigenvalue weighted by Crippen LogP contribution is 2.25. The van der Waals surface area contributed by atoms with Gasteiger partial charge in [-0.1, -0.05) is 61.5 Å². The molecule has 270 valence electrons. The number of rotatable bonds is 18. The number of ether oxygens (including phenoxy) is 1. The molecule has 0 saturated heterocycles. The Morgan fingerprint density at radius 2 is 1.50 bits per heavy atom. The molecule has 14 nitrogen and oxygen atoms in total. The van der Waals surface area contributed by atoms with Crippen molar-refractivity contribution in [2.24, 2.45) is 16.7 Å². The number of nitrogens with one attached hydrogen (secondary N) is 4. The summed E-state index contributed by atoms with van der Waals surface area (Å²) in [5.74, 6) is -2.74. The Hall–Kier alpha value is -4.07. The molecule has 0 spiro atoms. The lowest BCUT2D eigenvalue weighted by Gasteiger charge is -2.39. The highest BCUT2D eigenvalue weighted by Gasteiger charge is 2.40. The summed E-state index contributed by atoms with van der Waals surface area (Å²) in [6.07, 6.45) is 4.14. The number of nitrogens with zero attached hydrogens (tertiary/aromatic N) is 2. The van der Waals surface area contributed by atoms with Crippen LogP contribution in [0.25, 0.3) is 0 Å². The molecule has 1 aliphatic heterocycles. The maximum Gasteiger partial charge on any atom is 0.295 e. The summed E-state index contributed by atoms with van der Waals surface area (Å²) >= 11 is 0. The molecule has 14 heteroatoms. The van der Waals surface area contributed by atoms with Crippen LogP contribution in [0.2, 0.25) is 0 Å². The SMILES string of the molecule is CN[C@H](C(=O)N[C@H](C(=O)N(C)[C@H](/C=C(\C)C(=O)NCCCCC(NC(=O)CN1C(=O)C=CC1=O)OC=O)C(C)C)C(C)(C)C)C(C)(C)C. The minimum atomic E-state index is -0.965. The average Bonchev–Trinajstić information content (AvgIpc) is 3.28. The Kier molecular flexibility index (Phi) is 16.1. The second-order valence-corrected chi connectivity index (χ2v) is 14.6. The number of hydrogen-bond acceptors (Lipinski definition) is 9.